The van der Waals surface area contributed by atoms with E-state index in [4.69, 9.17) is 9.47 Å². The number of hydrogen-bond acceptors (Lipinski definition) is 7. The standard InChI is InChI=1S/C34H34FN5O4/c1-32(2,3)43-30(41)40(31(42)44-33(4,5)6)28-26-27(37-29(35)38-28)39(22-36-26)34(23-16-10-7-11-17-23,24-18-12-8-13-19-24)25-20-14-9-15-21-25/h7-22H,1-6H3. The van der Waals surface area contributed by atoms with Crippen LogP contribution in [0.4, 0.5) is 19.8 Å². The fourth-order valence-corrected chi connectivity index (χ4v) is 5.08. The van der Waals surface area contributed by atoms with Gasteiger partial charge in [-0.15, -0.1) is 0 Å². The average Bonchev–Trinajstić information content (AvgIpc) is 3.37. The van der Waals surface area contributed by atoms with Crippen LogP contribution in [0.15, 0.2) is 97.3 Å². The summed E-state index contributed by atoms with van der Waals surface area (Å²) in [6, 6.07) is 29.1. The van der Waals surface area contributed by atoms with Crippen molar-refractivity contribution in [2.75, 3.05) is 4.90 Å². The maximum Gasteiger partial charge on any atom is 0.425 e. The topological polar surface area (TPSA) is 99.4 Å². The highest BCUT2D eigenvalue weighted by Crippen LogP contribution is 2.43. The maximum atomic E-state index is 15.5. The van der Waals surface area contributed by atoms with Crippen molar-refractivity contribution in [3.8, 4) is 0 Å². The lowest BCUT2D eigenvalue weighted by atomic mass is 9.76. The molecular weight excluding hydrogens is 561 g/mol. The molecule has 0 aliphatic rings. The predicted octanol–water partition coefficient (Wildman–Crippen LogP) is 7.48. The Balaban J connectivity index is 1.85. The van der Waals surface area contributed by atoms with Crippen LogP contribution in [0.25, 0.3) is 11.2 Å². The van der Waals surface area contributed by atoms with Crippen LogP contribution in [0, 0.1) is 6.08 Å². The third-order valence-corrected chi connectivity index (χ3v) is 6.65. The number of hydrogen-bond donors (Lipinski definition) is 0. The molecule has 9 nitrogen and oxygen atoms in total. The largest absolute Gasteiger partial charge is 0.443 e. The van der Waals surface area contributed by atoms with Gasteiger partial charge < -0.3 is 9.47 Å². The Bertz CT molecular complexity index is 1650. The van der Waals surface area contributed by atoms with Gasteiger partial charge in [-0.3, -0.25) is 4.57 Å². The molecule has 0 bridgehead atoms. The second-order valence-electron chi connectivity index (χ2n) is 12.2. The molecule has 10 heteroatoms. The molecule has 0 spiro atoms. The maximum absolute atomic E-state index is 15.5. The van der Waals surface area contributed by atoms with Gasteiger partial charge in [0.1, 0.15) is 16.7 Å². The van der Waals surface area contributed by atoms with E-state index in [1.807, 2.05) is 91.0 Å². The Hall–Kier alpha value is -5.12. The SMILES string of the molecule is CC(C)(C)OC(=O)N(C(=O)OC(C)(C)C)c1nc(F)nc2c1ncn2C(c1ccccc1)(c1ccccc1)c1ccccc1. The molecule has 0 N–H and O–H groups in total. The van der Waals surface area contributed by atoms with Gasteiger partial charge in [0, 0.05) is 0 Å². The summed E-state index contributed by atoms with van der Waals surface area (Å²) in [5, 5.41) is 0. The van der Waals surface area contributed by atoms with Gasteiger partial charge in [-0.2, -0.15) is 19.3 Å². The minimum Gasteiger partial charge on any atom is -0.443 e. The number of fused-ring (bicyclic) bond motifs is 1. The fraction of sp³-hybridized carbons (Fsp3) is 0.265. The summed E-state index contributed by atoms with van der Waals surface area (Å²) in [4.78, 5) is 40.2. The first-order valence-corrected chi connectivity index (χ1v) is 14.1. The van der Waals surface area contributed by atoms with Gasteiger partial charge in [-0.05, 0) is 58.2 Å². The van der Waals surface area contributed by atoms with E-state index in [1.165, 1.54) is 6.33 Å². The number of imidazole rings is 1. The van der Waals surface area contributed by atoms with Crippen molar-refractivity contribution >= 4 is 29.2 Å². The molecule has 5 aromatic rings. The summed E-state index contributed by atoms with van der Waals surface area (Å²) >= 11 is 0. The third kappa shape index (κ3) is 5.88. The number of imide groups is 1. The summed E-state index contributed by atoms with van der Waals surface area (Å²) in [6.07, 6.45) is -1.85. The number of rotatable bonds is 5. The van der Waals surface area contributed by atoms with Gasteiger partial charge in [0.05, 0.1) is 6.33 Å². The van der Waals surface area contributed by atoms with E-state index in [0.717, 1.165) is 16.7 Å². The van der Waals surface area contributed by atoms with Crippen molar-refractivity contribution in [3.05, 3.63) is 120 Å². The van der Waals surface area contributed by atoms with E-state index in [9.17, 15) is 9.59 Å². The first-order valence-electron chi connectivity index (χ1n) is 14.1. The van der Waals surface area contributed by atoms with Crippen molar-refractivity contribution < 1.29 is 23.5 Å². The van der Waals surface area contributed by atoms with Gasteiger partial charge in [0.25, 0.3) is 0 Å². The number of nitrogens with zero attached hydrogens (tertiary/aromatic N) is 5. The van der Waals surface area contributed by atoms with Crippen LogP contribution in [-0.2, 0) is 15.0 Å². The first-order chi connectivity index (χ1) is 20.8. The zero-order chi connectivity index (χ0) is 31.7. The summed E-state index contributed by atoms with van der Waals surface area (Å²) in [5.74, 6) is -0.405. The molecule has 2 aromatic heterocycles. The summed E-state index contributed by atoms with van der Waals surface area (Å²) in [5.41, 5.74) is -0.500. The number of benzene rings is 3. The molecule has 0 fully saturated rings. The van der Waals surface area contributed by atoms with Crippen LogP contribution in [0.3, 0.4) is 0 Å². The second kappa shape index (κ2) is 11.5. The van der Waals surface area contributed by atoms with E-state index < -0.39 is 40.8 Å². The van der Waals surface area contributed by atoms with Gasteiger partial charge in [-0.25, -0.2) is 14.6 Å². The summed E-state index contributed by atoms with van der Waals surface area (Å²) in [6.45, 7) is 9.90. The van der Waals surface area contributed by atoms with Gasteiger partial charge in [0.15, 0.2) is 17.0 Å². The van der Waals surface area contributed by atoms with Crippen LogP contribution >= 0.6 is 0 Å². The van der Waals surface area contributed by atoms with Gasteiger partial charge >= 0.3 is 18.3 Å². The zero-order valence-corrected chi connectivity index (χ0v) is 25.5. The molecule has 0 saturated heterocycles. The quantitative estimate of drug-likeness (QED) is 0.153. The number of aromatic nitrogens is 4. The van der Waals surface area contributed by atoms with Crippen molar-refractivity contribution in [3.63, 3.8) is 0 Å². The molecule has 3 aromatic carbocycles. The lowest BCUT2D eigenvalue weighted by Crippen LogP contribution is -2.44. The van der Waals surface area contributed by atoms with Crippen molar-refractivity contribution in [2.45, 2.75) is 58.3 Å². The van der Waals surface area contributed by atoms with Crippen LogP contribution in [0.5, 0.6) is 0 Å². The fourth-order valence-electron chi connectivity index (χ4n) is 5.08. The first kappa shape index (κ1) is 30.3. The number of ether oxygens (including phenoxy) is 2. The van der Waals surface area contributed by atoms with Crippen molar-refractivity contribution in [1.29, 1.82) is 0 Å². The minimum atomic E-state index is -1.17. The lowest BCUT2D eigenvalue weighted by molar-refractivity contribution is 0.0429. The van der Waals surface area contributed by atoms with E-state index in [-0.39, 0.29) is 11.2 Å². The second-order valence-corrected chi connectivity index (χ2v) is 12.2. The number of carbonyl (C=O) groups excluding carboxylic acids is 2. The highest BCUT2D eigenvalue weighted by Gasteiger charge is 2.42. The average molecular weight is 596 g/mol. The number of amides is 2. The molecule has 226 valence electrons. The number of halogens is 1. The van der Waals surface area contributed by atoms with Crippen molar-refractivity contribution in [2.24, 2.45) is 0 Å². The highest BCUT2D eigenvalue weighted by atomic mass is 19.1. The van der Waals surface area contributed by atoms with Crippen LogP contribution in [0.1, 0.15) is 58.2 Å². The molecule has 0 aliphatic heterocycles. The van der Waals surface area contributed by atoms with E-state index in [0.29, 0.717) is 4.90 Å². The highest BCUT2D eigenvalue weighted by molar-refractivity contribution is 6.12. The number of anilines is 1. The molecule has 0 radical (unpaired) electrons. The summed E-state index contributed by atoms with van der Waals surface area (Å²) in [7, 11) is 0. The molecule has 5 rings (SSSR count). The van der Waals surface area contributed by atoms with Crippen LogP contribution in [-0.4, -0.2) is 42.9 Å². The molecule has 2 amide bonds. The van der Waals surface area contributed by atoms with Crippen molar-refractivity contribution in [1.82, 2.24) is 19.5 Å². The Morgan fingerprint density at radius 1 is 0.682 bits per heavy atom. The normalized spacial score (nSPS) is 12.2. The molecule has 0 aliphatic carbocycles. The Morgan fingerprint density at radius 2 is 1.09 bits per heavy atom. The predicted molar refractivity (Wildman–Crippen MR) is 165 cm³/mol. The summed E-state index contributed by atoms with van der Waals surface area (Å²) < 4.78 is 28.3. The Labute approximate surface area is 255 Å². The van der Waals surface area contributed by atoms with E-state index >= 15 is 4.39 Å². The minimum absolute atomic E-state index is 0.00436. The zero-order valence-electron chi connectivity index (χ0n) is 25.5. The third-order valence-electron chi connectivity index (χ3n) is 6.65. The molecule has 44 heavy (non-hydrogen) atoms. The Morgan fingerprint density at radius 3 is 1.48 bits per heavy atom. The smallest absolute Gasteiger partial charge is 0.425 e. The van der Waals surface area contributed by atoms with Gasteiger partial charge in [0.2, 0.25) is 0 Å². The molecule has 0 unspecified atom stereocenters. The van der Waals surface area contributed by atoms with E-state index in [2.05, 4.69) is 15.0 Å². The van der Waals surface area contributed by atoms with Crippen LogP contribution < -0.4 is 4.90 Å². The molecular formula is C34H34FN5O4. The molecule has 0 atom stereocenters. The van der Waals surface area contributed by atoms with E-state index in [1.54, 1.807) is 46.1 Å². The molecule has 0 saturated carbocycles. The van der Waals surface area contributed by atoms with Crippen LogP contribution in [0.2, 0.25) is 0 Å². The number of carbonyl (C=O) groups is 2. The van der Waals surface area contributed by atoms with Gasteiger partial charge in [-0.1, -0.05) is 91.0 Å². The monoisotopic (exact) mass is 595 g/mol. The molecule has 2 heterocycles. The lowest BCUT2D eigenvalue weighted by Gasteiger charge is -2.37. The Kier molecular flexibility index (Phi) is 7.94.